The highest BCUT2D eigenvalue weighted by molar-refractivity contribution is 8.05. The summed E-state index contributed by atoms with van der Waals surface area (Å²) < 4.78 is 132. The second-order valence-electron chi connectivity index (χ2n) is 11.2. The van der Waals surface area contributed by atoms with Gasteiger partial charge in [0.1, 0.15) is 5.69 Å². The molecule has 1 fully saturated rings. The Morgan fingerprint density at radius 2 is 1.24 bits per heavy atom. The Morgan fingerprint density at radius 3 is 1.68 bits per heavy atom. The standard InChI is InChI=1S/C22H33F5N2O6S2/c1-20(2,3)12-34-17-14(23)16(29-10-8-7-9-11-29)19(18(15(17)24)35-13-21(4,5)6)36(30,31)28-37(32,33)22(25,26)27/h28H,7-13H2,1-6H3. The van der Waals surface area contributed by atoms with Gasteiger partial charge in [0, 0.05) is 13.1 Å². The maximum Gasteiger partial charge on any atom is 0.512 e. The van der Waals surface area contributed by atoms with Gasteiger partial charge in [-0.15, -0.1) is 0 Å². The van der Waals surface area contributed by atoms with Crippen molar-refractivity contribution >= 4 is 25.7 Å². The van der Waals surface area contributed by atoms with Crippen molar-refractivity contribution in [3.63, 3.8) is 0 Å². The van der Waals surface area contributed by atoms with Crippen molar-refractivity contribution in [1.82, 2.24) is 4.13 Å². The number of rotatable bonds is 8. The molecule has 1 aliphatic rings. The van der Waals surface area contributed by atoms with E-state index in [1.165, 1.54) is 4.90 Å². The van der Waals surface area contributed by atoms with Gasteiger partial charge in [0.25, 0.3) is 10.0 Å². The lowest BCUT2D eigenvalue weighted by atomic mass is 9.98. The third-order valence-corrected chi connectivity index (χ3v) is 8.27. The van der Waals surface area contributed by atoms with Crippen LogP contribution in [0.4, 0.5) is 27.6 Å². The normalized spacial score (nSPS) is 16.1. The lowest BCUT2D eigenvalue weighted by molar-refractivity contribution is -0.0441. The molecule has 0 saturated carbocycles. The Morgan fingerprint density at radius 1 is 0.784 bits per heavy atom. The van der Waals surface area contributed by atoms with Crippen molar-refractivity contribution in [3.8, 4) is 11.5 Å². The molecule has 0 atom stereocenters. The first-order chi connectivity index (χ1) is 16.6. The number of piperidine rings is 1. The lowest BCUT2D eigenvalue weighted by Crippen LogP contribution is -2.41. The van der Waals surface area contributed by atoms with Gasteiger partial charge in [0.15, 0.2) is 22.2 Å². The summed E-state index contributed by atoms with van der Waals surface area (Å²) in [5, 5.41) is 0. The number of nitrogens with one attached hydrogen (secondary N) is 1. The summed E-state index contributed by atoms with van der Waals surface area (Å²) in [4.78, 5) is -0.175. The Labute approximate surface area is 214 Å². The molecule has 8 nitrogen and oxygen atoms in total. The van der Waals surface area contributed by atoms with Crippen LogP contribution in [0.5, 0.6) is 11.5 Å². The van der Waals surface area contributed by atoms with Crippen molar-refractivity contribution < 1.29 is 48.3 Å². The Hall–Kier alpha value is -1.87. The summed E-state index contributed by atoms with van der Waals surface area (Å²) in [7, 11) is -12.2. The van der Waals surface area contributed by atoms with E-state index in [1.807, 2.05) is 0 Å². The van der Waals surface area contributed by atoms with Gasteiger partial charge in [-0.25, -0.2) is 21.2 Å². The maximum absolute atomic E-state index is 15.9. The van der Waals surface area contributed by atoms with Crippen LogP contribution in [0.3, 0.4) is 0 Å². The van der Waals surface area contributed by atoms with Crippen molar-refractivity contribution in [2.75, 3.05) is 31.2 Å². The number of halogens is 5. The number of ether oxygens (including phenoxy) is 2. The molecule has 0 bridgehead atoms. The molecule has 0 amide bonds. The van der Waals surface area contributed by atoms with E-state index in [0.29, 0.717) is 23.4 Å². The van der Waals surface area contributed by atoms with Crippen molar-refractivity contribution in [2.24, 2.45) is 10.8 Å². The lowest BCUT2D eigenvalue weighted by Gasteiger charge is -2.33. The van der Waals surface area contributed by atoms with Crippen LogP contribution >= 0.6 is 0 Å². The molecule has 37 heavy (non-hydrogen) atoms. The second kappa shape index (κ2) is 10.7. The van der Waals surface area contributed by atoms with E-state index in [2.05, 4.69) is 0 Å². The first-order valence-electron chi connectivity index (χ1n) is 11.5. The zero-order valence-electron chi connectivity index (χ0n) is 21.6. The van der Waals surface area contributed by atoms with E-state index in [0.717, 1.165) is 0 Å². The minimum Gasteiger partial charge on any atom is -0.488 e. The SMILES string of the molecule is CC(C)(C)COc1c(F)c(OCC(C)(C)C)c(S(=O)(=O)NS(=O)(=O)C(F)(F)F)c(N2CCCCC2)c1F. The summed E-state index contributed by atoms with van der Waals surface area (Å²) in [6.07, 6.45) is 1.66. The van der Waals surface area contributed by atoms with Crippen LogP contribution in [-0.4, -0.2) is 48.6 Å². The fraction of sp³-hybridized carbons (Fsp3) is 0.727. The highest BCUT2D eigenvalue weighted by Gasteiger charge is 2.50. The van der Waals surface area contributed by atoms with E-state index >= 15 is 8.78 Å². The number of hydrogen-bond acceptors (Lipinski definition) is 7. The largest absolute Gasteiger partial charge is 0.512 e. The quantitative estimate of drug-likeness (QED) is 0.435. The molecule has 1 aromatic carbocycles. The molecule has 1 heterocycles. The van der Waals surface area contributed by atoms with Crippen LogP contribution in [0, 0.1) is 22.5 Å². The Bertz CT molecular complexity index is 1200. The first kappa shape index (κ1) is 31.3. The number of alkyl halides is 3. The molecule has 214 valence electrons. The molecule has 1 N–H and O–H groups in total. The fourth-order valence-corrected chi connectivity index (χ4v) is 6.06. The number of anilines is 1. The molecule has 0 radical (unpaired) electrons. The van der Waals surface area contributed by atoms with Gasteiger partial charge >= 0.3 is 15.5 Å². The Kier molecular flexibility index (Phi) is 9.08. The molecule has 1 aromatic rings. The predicted octanol–water partition coefficient (Wildman–Crippen LogP) is 4.93. The molecule has 1 aliphatic heterocycles. The van der Waals surface area contributed by atoms with Gasteiger partial charge in [0.05, 0.1) is 13.2 Å². The van der Waals surface area contributed by atoms with E-state index in [-0.39, 0.29) is 26.3 Å². The molecule has 15 heteroatoms. The smallest absolute Gasteiger partial charge is 0.488 e. The van der Waals surface area contributed by atoms with Gasteiger partial charge in [-0.1, -0.05) is 45.7 Å². The van der Waals surface area contributed by atoms with E-state index in [1.54, 1.807) is 41.5 Å². The van der Waals surface area contributed by atoms with Crippen molar-refractivity contribution in [3.05, 3.63) is 11.6 Å². The molecule has 1 saturated heterocycles. The predicted molar refractivity (Wildman–Crippen MR) is 128 cm³/mol. The fourth-order valence-electron chi connectivity index (χ4n) is 3.33. The van der Waals surface area contributed by atoms with Crippen molar-refractivity contribution in [1.29, 1.82) is 0 Å². The molecule has 0 aliphatic carbocycles. The minimum atomic E-state index is -6.46. The third kappa shape index (κ3) is 7.82. The van der Waals surface area contributed by atoms with Gasteiger partial charge in [-0.2, -0.15) is 17.6 Å². The second-order valence-corrected chi connectivity index (χ2v) is 14.8. The number of nitrogens with zero attached hydrogens (tertiary/aromatic N) is 1. The van der Waals surface area contributed by atoms with Crippen LogP contribution in [0.1, 0.15) is 60.8 Å². The van der Waals surface area contributed by atoms with Crippen LogP contribution in [-0.2, 0) is 20.0 Å². The summed E-state index contributed by atoms with van der Waals surface area (Å²) in [5.41, 5.74) is -8.11. The zero-order valence-corrected chi connectivity index (χ0v) is 23.2. The molecule has 0 aromatic heterocycles. The van der Waals surface area contributed by atoms with E-state index < -0.39 is 70.1 Å². The molecule has 0 unspecified atom stereocenters. The van der Waals surface area contributed by atoms with Crippen LogP contribution in [0.15, 0.2) is 4.90 Å². The minimum absolute atomic E-state index is 0.0779. The van der Waals surface area contributed by atoms with Crippen LogP contribution < -0.4 is 18.5 Å². The summed E-state index contributed by atoms with van der Waals surface area (Å²) in [6.45, 7) is 9.71. The van der Waals surface area contributed by atoms with Crippen LogP contribution in [0.2, 0.25) is 0 Å². The molecular weight excluding hydrogens is 547 g/mol. The van der Waals surface area contributed by atoms with Crippen LogP contribution in [0.25, 0.3) is 0 Å². The summed E-state index contributed by atoms with van der Waals surface area (Å²) in [6, 6.07) is 0. The molecular formula is C22H33F5N2O6S2. The molecule has 0 spiro atoms. The average molecular weight is 581 g/mol. The highest BCUT2D eigenvalue weighted by Crippen LogP contribution is 2.46. The zero-order chi connectivity index (χ0) is 28.6. The van der Waals surface area contributed by atoms with Gasteiger partial charge < -0.3 is 14.4 Å². The van der Waals surface area contributed by atoms with E-state index in [9.17, 15) is 30.0 Å². The highest BCUT2D eigenvalue weighted by atomic mass is 32.3. The maximum atomic E-state index is 15.9. The van der Waals surface area contributed by atoms with E-state index in [4.69, 9.17) is 9.47 Å². The summed E-state index contributed by atoms with van der Waals surface area (Å²) in [5.74, 6) is -5.21. The summed E-state index contributed by atoms with van der Waals surface area (Å²) >= 11 is 0. The van der Waals surface area contributed by atoms with Gasteiger partial charge in [-0.3, -0.25) is 0 Å². The molecule has 2 rings (SSSR count). The number of hydrogen-bond donors (Lipinski definition) is 1. The Balaban J connectivity index is 2.92. The third-order valence-electron chi connectivity index (χ3n) is 4.99. The average Bonchev–Trinajstić information content (AvgIpc) is 2.70. The topological polar surface area (TPSA) is 102 Å². The van der Waals surface area contributed by atoms with Gasteiger partial charge in [0.2, 0.25) is 5.82 Å². The first-order valence-corrected chi connectivity index (χ1v) is 14.4. The number of sulfonamides is 2. The van der Waals surface area contributed by atoms with Crippen molar-refractivity contribution in [2.45, 2.75) is 71.2 Å². The monoisotopic (exact) mass is 580 g/mol. The number of benzene rings is 1. The van der Waals surface area contributed by atoms with Gasteiger partial charge in [-0.05, 0) is 30.1 Å².